The van der Waals surface area contributed by atoms with Crippen LogP contribution in [0, 0.1) is 0 Å². The molecule has 2 heterocycles. The molecule has 1 aromatic heterocycles. The summed E-state index contributed by atoms with van der Waals surface area (Å²) in [7, 11) is 0. The van der Waals surface area contributed by atoms with Gasteiger partial charge in [0.05, 0.1) is 11.0 Å². The molecule has 0 saturated heterocycles. The van der Waals surface area contributed by atoms with Crippen LogP contribution in [0.4, 0.5) is 5.69 Å². The van der Waals surface area contributed by atoms with Crippen LogP contribution in [0.1, 0.15) is 12.2 Å². The maximum atomic E-state index is 5.69. The predicted molar refractivity (Wildman–Crippen MR) is 52.5 cm³/mol. The first kappa shape index (κ1) is 6.95. The first-order valence-electron chi connectivity index (χ1n) is 4.59. The van der Waals surface area contributed by atoms with Gasteiger partial charge < -0.3 is 10.3 Å². The van der Waals surface area contributed by atoms with Gasteiger partial charge in [0.15, 0.2) is 0 Å². The molecule has 0 aliphatic carbocycles. The Hall–Kier alpha value is -1.51. The van der Waals surface area contributed by atoms with Crippen LogP contribution in [0.25, 0.3) is 11.0 Å². The third-order valence-electron chi connectivity index (χ3n) is 2.63. The maximum absolute atomic E-state index is 5.69. The SMILES string of the molecule is Nc1ccc2c(c1)nc1n2CCC1. The monoisotopic (exact) mass is 173 g/mol. The first-order chi connectivity index (χ1) is 6.34. The number of aromatic nitrogens is 2. The molecule has 2 N–H and O–H groups in total. The molecule has 13 heavy (non-hydrogen) atoms. The third kappa shape index (κ3) is 0.869. The van der Waals surface area contributed by atoms with E-state index in [1.165, 1.54) is 17.8 Å². The highest BCUT2D eigenvalue weighted by Crippen LogP contribution is 2.23. The molecule has 1 aliphatic rings. The van der Waals surface area contributed by atoms with Crippen LogP contribution in [-0.2, 0) is 13.0 Å². The molecule has 0 saturated carbocycles. The lowest BCUT2D eigenvalue weighted by Gasteiger charge is -1.97. The van der Waals surface area contributed by atoms with Gasteiger partial charge in [-0.2, -0.15) is 0 Å². The highest BCUT2D eigenvalue weighted by atomic mass is 15.1. The zero-order valence-corrected chi connectivity index (χ0v) is 7.33. The van der Waals surface area contributed by atoms with Crippen LogP contribution >= 0.6 is 0 Å². The molecule has 0 amide bonds. The fraction of sp³-hybridized carbons (Fsp3) is 0.300. The van der Waals surface area contributed by atoms with E-state index in [9.17, 15) is 0 Å². The maximum Gasteiger partial charge on any atom is 0.109 e. The molecule has 1 aromatic carbocycles. The summed E-state index contributed by atoms with van der Waals surface area (Å²) in [5.41, 5.74) is 8.75. The van der Waals surface area contributed by atoms with Crippen LogP contribution in [-0.4, -0.2) is 9.55 Å². The van der Waals surface area contributed by atoms with Crippen molar-refractivity contribution in [1.82, 2.24) is 9.55 Å². The summed E-state index contributed by atoms with van der Waals surface area (Å²) in [5, 5.41) is 0. The van der Waals surface area contributed by atoms with Gasteiger partial charge in [-0.05, 0) is 24.6 Å². The van der Waals surface area contributed by atoms with Crippen molar-refractivity contribution in [1.29, 1.82) is 0 Å². The Morgan fingerprint density at radius 2 is 2.31 bits per heavy atom. The molecular weight excluding hydrogens is 162 g/mol. The first-order valence-corrected chi connectivity index (χ1v) is 4.59. The smallest absolute Gasteiger partial charge is 0.109 e. The summed E-state index contributed by atoms with van der Waals surface area (Å²) < 4.78 is 2.29. The van der Waals surface area contributed by atoms with Crippen LogP contribution < -0.4 is 5.73 Å². The van der Waals surface area contributed by atoms with Crippen molar-refractivity contribution in [3.63, 3.8) is 0 Å². The summed E-state index contributed by atoms with van der Waals surface area (Å²) >= 11 is 0. The summed E-state index contributed by atoms with van der Waals surface area (Å²) in [6.07, 6.45) is 2.33. The number of hydrogen-bond acceptors (Lipinski definition) is 2. The average Bonchev–Trinajstić information content (AvgIpc) is 2.62. The van der Waals surface area contributed by atoms with Gasteiger partial charge >= 0.3 is 0 Å². The lowest BCUT2D eigenvalue weighted by molar-refractivity contribution is 0.771. The van der Waals surface area contributed by atoms with Crippen molar-refractivity contribution in [2.45, 2.75) is 19.4 Å². The molecule has 0 radical (unpaired) electrons. The Morgan fingerprint density at radius 1 is 1.38 bits per heavy atom. The number of rotatable bonds is 0. The fourth-order valence-electron chi connectivity index (χ4n) is 2.03. The summed E-state index contributed by atoms with van der Waals surface area (Å²) in [6, 6.07) is 5.95. The fourth-order valence-corrected chi connectivity index (χ4v) is 2.03. The molecule has 66 valence electrons. The molecule has 1 aliphatic heterocycles. The van der Waals surface area contributed by atoms with Crippen molar-refractivity contribution in [3.8, 4) is 0 Å². The second-order valence-electron chi connectivity index (χ2n) is 3.53. The van der Waals surface area contributed by atoms with Gasteiger partial charge in [-0.1, -0.05) is 0 Å². The number of aryl methyl sites for hydroxylation is 2. The lowest BCUT2D eigenvalue weighted by Crippen LogP contribution is -1.91. The van der Waals surface area contributed by atoms with E-state index < -0.39 is 0 Å². The zero-order valence-electron chi connectivity index (χ0n) is 7.33. The third-order valence-corrected chi connectivity index (χ3v) is 2.63. The van der Waals surface area contributed by atoms with E-state index in [1.807, 2.05) is 12.1 Å². The highest BCUT2D eigenvalue weighted by molar-refractivity contribution is 5.79. The Bertz CT molecular complexity index is 470. The van der Waals surface area contributed by atoms with Crippen LogP contribution in [0.15, 0.2) is 18.2 Å². The van der Waals surface area contributed by atoms with Crippen LogP contribution in [0.2, 0.25) is 0 Å². The molecule has 3 heteroatoms. The van der Waals surface area contributed by atoms with E-state index in [0.29, 0.717) is 0 Å². The molecule has 2 aromatic rings. The van der Waals surface area contributed by atoms with Crippen molar-refractivity contribution < 1.29 is 0 Å². The Morgan fingerprint density at radius 3 is 3.23 bits per heavy atom. The van der Waals surface area contributed by atoms with E-state index >= 15 is 0 Å². The van der Waals surface area contributed by atoms with Gasteiger partial charge in [-0.3, -0.25) is 0 Å². The van der Waals surface area contributed by atoms with Crippen molar-refractivity contribution in [2.75, 3.05) is 5.73 Å². The van der Waals surface area contributed by atoms with Crippen molar-refractivity contribution >= 4 is 16.7 Å². The molecular formula is C10H11N3. The van der Waals surface area contributed by atoms with Gasteiger partial charge in [0.25, 0.3) is 0 Å². The quantitative estimate of drug-likeness (QED) is 0.614. The standard InChI is InChI=1S/C10H11N3/c11-7-3-4-9-8(6-7)12-10-2-1-5-13(9)10/h3-4,6H,1-2,5,11H2. The van der Waals surface area contributed by atoms with E-state index in [2.05, 4.69) is 15.6 Å². The van der Waals surface area contributed by atoms with Gasteiger partial charge in [0.2, 0.25) is 0 Å². The Kier molecular flexibility index (Phi) is 1.20. The van der Waals surface area contributed by atoms with Crippen LogP contribution in [0.3, 0.4) is 0 Å². The molecule has 0 atom stereocenters. The molecule has 3 rings (SSSR count). The normalized spacial score (nSPS) is 15.1. The van der Waals surface area contributed by atoms with Crippen molar-refractivity contribution in [3.05, 3.63) is 24.0 Å². The number of anilines is 1. The lowest BCUT2D eigenvalue weighted by atomic mass is 10.3. The van der Waals surface area contributed by atoms with E-state index in [4.69, 9.17) is 5.73 Å². The van der Waals surface area contributed by atoms with Crippen LogP contribution in [0.5, 0.6) is 0 Å². The average molecular weight is 173 g/mol. The molecule has 3 nitrogen and oxygen atoms in total. The minimum absolute atomic E-state index is 0.796. The Labute approximate surface area is 76.2 Å². The van der Waals surface area contributed by atoms with Gasteiger partial charge in [-0.25, -0.2) is 4.98 Å². The zero-order chi connectivity index (χ0) is 8.84. The Balaban J connectivity index is 2.38. The predicted octanol–water partition coefficient (Wildman–Crippen LogP) is 1.56. The number of nitrogen functional groups attached to an aromatic ring is 1. The second-order valence-corrected chi connectivity index (χ2v) is 3.53. The van der Waals surface area contributed by atoms with Gasteiger partial charge in [-0.15, -0.1) is 0 Å². The summed E-state index contributed by atoms with van der Waals surface area (Å²) in [5.74, 6) is 1.21. The summed E-state index contributed by atoms with van der Waals surface area (Å²) in [6.45, 7) is 1.11. The largest absolute Gasteiger partial charge is 0.399 e. The van der Waals surface area contributed by atoms with E-state index in [1.54, 1.807) is 0 Å². The summed E-state index contributed by atoms with van der Waals surface area (Å²) in [4.78, 5) is 4.54. The number of imidazole rings is 1. The van der Waals surface area contributed by atoms with E-state index in [0.717, 1.165) is 24.2 Å². The topological polar surface area (TPSA) is 43.8 Å². The number of hydrogen-bond donors (Lipinski definition) is 1. The number of benzene rings is 1. The number of nitrogens with two attached hydrogens (primary N) is 1. The minimum atomic E-state index is 0.796. The molecule has 0 bridgehead atoms. The van der Waals surface area contributed by atoms with Gasteiger partial charge in [0.1, 0.15) is 5.82 Å². The number of fused-ring (bicyclic) bond motifs is 3. The molecule has 0 fully saturated rings. The highest BCUT2D eigenvalue weighted by Gasteiger charge is 2.15. The number of nitrogens with zero attached hydrogens (tertiary/aromatic N) is 2. The molecule has 0 spiro atoms. The second kappa shape index (κ2) is 2.25. The van der Waals surface area contributed by atoms with E-state index in [-0.39, 0.29) is 0 Å². The van der Waals surface area contributed by atoms with Crippen molar-refractivity contribution in [2.24, 2.45) is 0 Å². The minimum Gasteiger partial charge on any atom is -0.399 e. The molecule has 0 unspecified atom stereocenters. The van der Waals surface area contributed by atoms with Gasteiger partial charge in [0, 0.05) is 18.7 Å².